The molecule has 0 amide bonds. The molecule has 0 spiro atoms. The molecule has 5 nitrogen and oxygen atoms in total. The molecular weight excluding hydrogens is 164 g/mol. The maximum atomic E-state index is 10.7. The van der Waals surface area contributed by atoms with Gasteiger partial charge in [-0.05, 0) is 0 Å². The Morgan fingerprint density at radius 3 is 2.75 bits per heavy atom. The average Bonchev–Trinajstić information content (AvgIpc) is 2.31. The summed E-state index contributed by atoms with van der Waals surface area (Å²) in [5.74, 6) is -0.402. The SMILES string of the molecule is COC(=O)C[C@H]1C[C@@H](O)[C@@H](O)O1. The predicted molar refractivity (Wildman–Crippen MR) is 38.1 cm³/mol. The Bertz CT molecular complexity index is 159. The summed E-state index contributed by atoms with van der Waals surface area (Å²) in [6.07, 6.45) is -2.14. The fourth-order valence-electron chi connectivity index (χ4n) is 1.13. The van der Waals surface area contributed by atoms with Crippen LogP contribution in [0.5, 0.6) is 0 Å². The minimum absolute atomic E-state index is 0.0740. The lowest BCUT2D eigenvalue weighted by molar-refractivity contribution is -0.150. The number of aliphatic hydroxyl groups is 2. The molecule has 0 bridgehead atoms. The van der Waals surface area contributed by atoms with Gasteiger partial charge >= 0.3 is 5.97 Å². The van der Waals surface area contributed by atoms with Gasteiger partial charge in [0.05, 0.1) is 19.6 Å². The maximum absolute atomic E-state index is 10.7. The van der Waals surface area contributed by atoms with E-state index in [4.69, 9.17) is 14.9 Å². The standard InChI is InChI=1S/C7H12O5/c1-11-6(9)3-4-2-5(8)7(10)12-4/h4-5,7-8,10H,2-3H2,1H3/t4-,5-,7+/m1/s1. The Morgan fingerprint density at radius 1 is 1.67 bits per heavy atom. The molecule has 0 aromatic carbocycles. The second-order valence-electron chi connectivity index (χ2n) is 2.73. The van der Waals surface area contributed by atoms with Crippen LogP contribution in [0.1, 0.15) is 12.8 Å². The number of esters is 1. The fraction of sp³-hybridized carbons (Fsp3) is 0.857. The molecule has 1 rings (SSSR count). The summed E-state index contributed by atoms with van der Waals surface area (Å²) in [5, 5.41) is 18.0. The van der Waals surface area contributed by atoms with Crippen molar-refractivity contribution in [2.75, 3.05) is 7.11 Å². The number of methoxy groups -OCH3 is 1. The van der Waals surface area contributed by atoms with Gasteiger partial charge in [-0.2, -0.15) is 0 Å². The van der Waals surface area contributed by atoms with Crippen molar-refractivity contribution < 1.29 is 24.5 Å². The van der Waals surface area contributed by atoms with Crippen LogP contribution in [0.15, 0.2) is 0 Å². The molecule has 1 saturated heterocycles. The third-order valence-corrected chi connectivity index (χ3v) is 1.79. The van der Waals surface area contributed by atoms with Crippen molar-refractivity contribution in [1.29, 1.82) is 0 Å². The van der Waals surface area contributed by atoms with E-state index in [2.05, 4.69) is 4.74 Å². The average molecular weight is 176 g/mol. The molecule has 0 aromatic rings. The molecular formula is C7H12O5. The first-order chi connectivity index (χ1) is 5.63. The van der Waals surface area contributed by atoms with E-state index in [9.17, 15) is 4.79 Å². The van der Waals surface area contributed by atoms with E-state index >= 15 is 0 Å². The van der Waals surface area contributed by atoms with Crippen LogP contribution in [-0.2, 0) is 14.3 Å². The second-order valence-corrected chi connectivity index (χ2v) is 2.73. The predicted octanol–water partition coefficient (Wildman–Crippen LogP) is -0.982. The lowest BCUT2D eigenvalue weighted by Gasteiger charge is -2.07. The normalized spacial score (nSPS) is 35.1. The van der Waals surface area contributed by atoms with Gasteiger partial charge in [0.2, 0.25) is 0 Å². The molecule has 5 heteroatoms. The molecule has 3 atom stereocenters. The number of aliphatic hydroxyl groups excluding tert-OH is 2. The smallest absolute Gasteiger partial charge is 0.308 e. The Hall–Kier alpha value is -0.650. The minimum atomic E-state index is -1.17. The molecule has 70 valence electrons. The van der Waals surface area contributed by atoms with Crippen LogP contribution >= 0.6 is 0 Å². The van der Waals surface area contributed by atoms with E-state index in [0.717, 1.165) is 0 Å². The van der Waals surface area contributed by atoms with Crippen LogP contribution < -0.4 is 0 Å². The number of hydrogen-bond acceptors (Lipinski definition) is 5. The summed E-state index contributed by atoms with van der Waals surface area (Å²) in [6, 6.07) is 0. The van der Waals surface area contributed by atoms with Crippen molar-refractivity contribution in [3.05, 3.63) is 0 Å². The number of hydrogen-bond donors (Lipinski definition) is 2. The zero-order valence-electron chi connectivity index (χ0n) is 6.77. The number of rotatable bonds is 2. The molecule has 12 heavy (non-hydrogen) atoms. The Morgan fingerprint density at radius 2 is 2.33 bits per heavy atom. The first kappa shape index (κ1) is 9.44. The van der Waals surface area contributed by atoms with Gasteiger partial charge in [0, 0.05) is 6.42 Å². The molecule has 0 unspecified atom stereocenters. The molecule has 0 radical (unpaired) electrons. The van der Waals surface area contributed by atoms with E-state index in [1.807, 2.05) is 0 Å². The zero-order chi connectivity index (χ0) is 9.14. The van der Waals surface area contributed by atoms with Crippen LogP contribution in [-0.4, -0.2) is 41.8 Å². The zero-order valence-corrected chi connectivity index (χ0v) is 6.77. The summed E-state index contributed by atoms with van der Waals surface area (Å²) >= 11 is 0. The fourth-order valence-corrected chi connectivity index (χ4v) is 1.13. The summed E-state index contributed by atoms with van der Waals surface area (Å²) in [5.41, 5.74) is 0. The largest absolute Gasteiger partial charge is 0.469 e. The number of ether oxygens (including phenoxy) is 2. The number of carbonyl (C=O) groups excluding carboxylic acids is 1. The second kappa shape index (κ2) is 3.84. The van der Waals surface area contributed by atoms with Crippen molar-refractivity contribution in [2.45, 2.75) is 31.3 Å². The van der Waals surface area contributed by atoms with Gasteiger partial charge in [-0.1, -0.05) is 0 Å². The van der Waals surface area contributed by atoms with Crippen molar-refractivity contribution in [3.63, 3.8) is 0 Å². The van der Waals surface area contributed by atoms with Gasteiger partial charge in [-0.3, -0.25) is 4.79 Å². The highest BCUT2D eigenvalue weighted by Crippen LogP contribution is 2.21. The minimum Gasteiger partial charge on any atom is -0.469 e. The van der Waals surface area contributed by atoms with Gasteiger partial charge < -0.3 is 19.7 Å². The van der Waals surface area contributed by atoms with E-state index in [0.29, 0.717) is 0 Å². The van der Waals surface area contributed by atoms with Crippen molar-refractivity contribution >= 4 is 5.97 Å². The van der Waals surface area contributed by atoms with Crippen LogP contribution in [0.4, 0.5) is 0 Å². The van der Waals surface area contributed by atoms with Crippen LogP contribution in [0.25, 0.3) is 0 Å². The molecule has 0 aliphatic carbocycles. The molecule has 0 saturated carbocycles. The van der Waals surface area contributed by atoms with Crippen molar-refractivity contribution in [1.82, 2.24) is 0 Å². The van der Waals surface area contributed by atoms with Gasteiger partial charge in [0.15, 0.2) is 6.29 Å². The van der Waals surface area contributed by atoms with Gasteiger partial charge in [-0.25, -0.2) is 0 Å². The third kappa shape index (κ3) is 2.17. The summed E-state index contributed by atoms with van der Waals surface area (Å²) in [7, 11) is 1.28. The van der Waals surface area contributed by atoms with Crippen LogP contribution in [0, 0.1) is 0 Å². The molecule has 1 fully saturated rings. The monoisotopic (exact) mass is 176 g/mol. The summed E-state index contributed by atoms with van der Waals surface area (Å²) < 4.78 is 9.25. The first-order valence-electron chi connectivity index (χ1n) is 3.72. The van der Waals surface area contributed by atoms with Gasteiger partial charge in [-0.15, -0.1) is 0 Å². The summed E-state index contributed by atoms with van der Waals surface area (Å²) in [6.45, 7) is 0. The van der Waals surface area contributed by atoms with Gasteiger partial charge in [0.1, 0.15) is 6.10 Å². The highest BCUT2D eigenvalue weighted by molar-refractivity contribution is 5.69. The molecule has 1 aliphatic heterocycles. The van der Waals surface area contributed by atoms with E-state index in [1.54, 1.807) is 0 Å². The Balaban J connectivity index is 2.32. The van der Waals surface area contributed by atoms with Crippen molar-refractivity contribution in [3.8, 4) is 0 Å². The third-order valence-electron chi connectivity index (χ3n) is 1.79. The molecule has 2 N–H and O–H groups in total. The summed E-state index contributed by atoms with van der Waals surface area (Å²) in [4.78, 5) is 10.7. The highest BCUT2D eigenvalue weighted by Gasteiger charge is 2.33. The van der Waals surface area contributed by atoms with E-state index in [-0.39, 0.29) is 12.8 Å². The van der Waals surface area contributed by atoms with Crippen molar-refractivity contribution in [2.24, 2.45) is 0 Å². The molecule has 0 aromatic heterocycles. The lowest BCUT2D eigenvalue weighted by atomic mass is 10.1. The topological polar surface area (TPSA) is 76.0 Å². The Labute approximate surface area is 69.9 Å². The number of carbonyl (C=O) groups is 1. The van der Waals surface area contributed by atoms with E-state index < -0.39 is 24.5 Å². The van der Waals surface area contributed by atoms with E-state index in [1.165, 1.54) is 7.11 Å². The van der Waals surface area contributed by atoms with Crippen LogP contribution in [0.3, 0.4) is 0 Å². The quantitative estimate of drug-likeness (QED) is 0.529. The van der Waals surface area contributed by atoms with Crippen LogP contribution in [0.2, 0.25) is 0 Å². The molecule has 1 heterocycles. The first-order valence-corrected chi connectivity index (χ1v) is 3.72. The highest BCUT2D eigenvalue weighted by atomic mass is 16.6. The van der Waals surface area contributed by atoms with Gasteiger partial charge in [0.25, 0.3) is 0 Å². The maximum Gasteiger partial charge on any atom is 0.308 e. The Kier molecular flexibility index (Phi) is 3.02. The molecule has 1 aliphatic rings. The lowest BCUT2D eigenvalue weighted by Crippen LogP contribution is -2.19.